The molecule has 4 rings (SSSR count). The summed E-state index contributed by atoms with van der Waals surface area (Å²) >= 11 is 0. The van der Waals surface area contributed by atoms with Crippen molar-refractivity contribution in [2.75, 3.05) is 0 Å². The molecule has 3 aromatic rings. The van der Waals surface area contributed by atoms with E-state index in [1.165, 1.54) is 22.3 Å². The third kappa shape index (κ3) is 2.75. The number of ether oxygens (including phenoxy) is 1. The van der Waals surface area contributed by atoms with E-state index in [9.17, 15) is 0 Å². The Morgan fingerprint density at radius 3 is 2.22 bits per heavy atom. The van der Waals surface area contributed by atoms with Gasteiger partial charge in [-0.25, -0.2) is 0 Å². The van der Waals surface area contributed by atoms with Crippen LogP contribution in [0.15, 0.2) is 78.9 Å². The molecule has 114 valence electrons. The quantitative estimate of drug-likeness (QED) is 0.594. The first-order valence-electron chi connectivity index (χ1n) is 8.18. The topological polar surface area (TPSA) is 9.23 Å². The van der Waals surface area contributed by atoms with Crippen LogP contribution in [0.2, 0.25) is 0 Å². The van der Waals surface area contributed by atoms with E-state index in [0.29, 0.717) is 5.92 Å². The molecule has 0 N–H and O–H groups in total. The molecule has 0 saturated heterocycles. The van der Waals surface area contributed by atoms with Crippen molar-refractivity contribution in [3.8, 4) is 5.75 Å². The second kappa shape index (κ2) is 5.92. The molecule has 0 bridgehead atoms. The van der Waals surface area contributed by atoms with Crippen molar-refractivity contribution in [3.05, 3.63) is 101 Å². The van der Waals surface area contributed by atoms with E-state index in [4.69, 9.17) is 4.74 Å². The van der Waals surface area contributed by atoms with E-state index >= 15 is 0 Å². The fourth-order valence-corrected chi connectivity index (χ4v) is 3.40. The lowest BCUT2D eigenvalue weighted by Gasteiger charge is -2.33. The van der Waals surface area contributed by atoms with E-state index < -0.39 is 0 Å². The number of para-hydroxylation sites is 1. The lowest BCUT2D eigenvalue weighted by atomic mass is 9.82. The van der Waals surface area contributed by atoms with Crippen molar-refractivity contribution in [2.45, 2.75) is 25.4 Å². The van der Waals surface area contributed by atoms with Crippen LogP contribution in [0, 0.1) is 6.92 Å². The molecule has 0 unspecified atom stereocenters. The standard InChI is InChI=1S/C22H20O/c1-16-11-13-18(14-12-16)22-15-20(17-7-3-2-4-8-17)19-9-5-6-10-21(19)23-22/h2-14,20,22H,15H2,1H3/t20-,22+/m1/s1. The number of hydrogen-bond donors (Lipinski definition) is 0. The fourth-order valence-electron chi connectivity index (χ4n) is 3.40. The summed E-state index contributed by atoms with van der Waals surface area (Å²) in [5.41, 5.74) is 5.19. The summed E-state index contributed by atoms with van der Waals surface area (Å²) in [6.45, 7) is 2.12. The van der Waals surface area contributed by atoms with Crippen LogP contribution in [0.25, 0.3) is 0 Å². The van der Waals surface area contributed by atoms with Crippen LogP contribution in [0.5, 0.6) is 5.75 Å². The average molecular weight is 300 g/mol. The van der Waals surface area contributed by atoms with Gasteiger partial charge in [-0.3, -0.25) is 0 Å². The van der Waals surface area contributed by atoms with E-state index in [2.05, 4.69) is 85.8 Å². The molecule has 1 heterocycles. The van der Waals surface area contributed by atoms with Crippen LogP contribution < -0.4 is 4.74 Å². The average Bonchev–Trinajstić information content (AvgIpc) is 2.62. The second-order valence-electron chi connectivity index (χ2n) is 6.25. The predicted molar refractivity (Wildman–Crippen MR) is 93.9 cm³/mol. The minimum absolute atomic E-state index is 0.107. The molecule has 1 aliphatic heterocycles. The van der Waals surface area contributed by atoms with Gasteiger partial charge in [-0.1, -0.05) is 78.4 Å². The largest absolute Gasteiger partial charge is 0.485 e. The van der Waals surface area contributed by atoms with E-state index in [-0.39, 0.29) is 6.10 Å². The Kier molecular flexibility index (Phi) is 3.63. The monoisotopic (exact) mass is 300 g/mol. The van der Waals surface area contributed by atoms with Crippen molar-refractivity contribution < 1.29 is 4.74 Å². The molecule has 0 fully saturated rings. The smallest absolute Gasteiger partial charge is 0.125 e. The van der Waals surface area contributed by atoms with Crippen LogP contribution in [0.4, 0.5) is 0 Å². The molecule has 0 amide bonds. The molecular formula is C22H20O. The normalized spacial score (nSPS) is 19.7. The number of benzene rings is 3. The van der Waals surface area contributed by atoms with Gasteiger partial charge in [-0.05, 0) is 30.5 Å². The van der Waals surface area contributed by atoms with Gasteiger partial charge in [0.15, 0.2) is 0 Å². The Labute approximate surface area is 137 Å². The molecule has 0 radical (unpaired) electrons. The summed E-state index contributed by atoms with van der Waals surface area (Å²) in [4.78, 5) is 0. The van der Waals surface area contributed by atoms with Crippen molar-refractivity contribution in [3.63, 3.8) is 0 Å². The van der Waals surface area contributed by atoms with E-state index in [0.717, 1.165) is 12.2 Å². The fraction of sp³-hybridized carbons (Fsp3) is 0.182. The maximum absolute atomic E-state index is 6.31. The summed E-state index contributed by atoms with van der Waals surface area (Å²) in [7, 11) is 0. The molecule has 1 heteroatoms. The van der Waals surface area contributed by atoms with Crippen LogP contribution >= 0.6 is 0 Å². The van der Waals surface area contributed by atoms with Crippen LogP contribution in [0.1, 0.15) is 40.7 Å². The molecule has 1 aliphatic rings. The number of fused-ring (bicyclic) bond motifs is 1. The van der Waals surface area contributed by atoms with Gasteiger partial charge in [-0.15, -0.1) is 0 Å². The molecule has 23 heavy (non-hydrogen) atoms. The maximum Gasteiger partial charge on any atom is 0.125 e. The summed E-state index contributed by atoms with van der Waals surface area (Å²) in [5, 5.41) is 0. The van der Waals surface area contributed by atoms with Gasteiger partial charge in [0.05, 0.1) is 0 Å². The number of hydrogen-bond acceptors (Lipinski definition) is 1. The zero-order valence-corrected chi connectivity index (χ0v) is 13.3. The molecule has 3 aromatic carbocycles. The van der Waals surface area contributed by atoms with E-state index in [1.807, 2.05) is 0 Å². The summed E-state index contributed by atoms with van der Waals surface area (Å²) in [5.74, 6) is 1.39. The maximum atomic E-state index is 6.31. The van der Waals surface area contributed by atoms with Crippen molar-refractivity contribution in [1.29, 1.82) is 0 Å². The first-order chi connectivity index (χ1) is 11.3. The van der Waals surface area contributed by atoms with Gasteiger partial charge in [0.1, 0.15) is 11.9 Å². The third-order valence-electron chi connectivity index (χ3n) is 4.66. The van der Waals surface area contributed by atoms with Gasteiger partial charge in [0.25, 0.3) is 0 Å². The van der Waals surface area contributed by atoms with Gasteiger partial charge in [-0.2, -0.15) is 0 Å². The van der Waals surface area contributed by atoms with Gasteiger partial charge in [0, 0.05) is 11.5 Å². The molecule has 0 spiro atoms. The molecule has 2 atom stereocenters. The highest BCUT2D eigenvalue weighted by molar-refractivity contribution is 5.45. The minimum atomic E-state index is 0.107. The highest BCUT2D eigenvalue weighted by Crippen LogP contribution is 2.44. The lowest BCUT2D eigenvalue weighted by molar-refractivity contribution is 0.167. The van der Waals surface area contributed by atoms with E-state index in [1.54, 1.807) is 0 Å². The second-order valence-corrected chi connectivity index (χ2v) is 6.25. The number of aryl methyl sites for hydroxylation is 1. The first kappa shape index (κ1) is 14.1. The number of rotatable bonds is 2. The zero-order chi connectivity index (χ0) is 15.6. The Bertz CT molecular complexity index is 790. The Balaban J connectivity index is 1.75. The van der Waals surface area contributed by atoms with Gasteiger partial charge in [0.2, 0.25) is 0 Å². The predicted octanol–water partition coefficient (Wildman–Crippen LogP) is 5.65. The summed E-state index contributed by atoms with van der Waals surface area (Å²) in [6, 6.07) is 27.9. The first-order valence-corrected chi connectivity index (χ1v) is 8.18. The summed E-state index contributed by atoms with van der Waals surface area (Å²) in [6.07, 6.45) is 1.08. The molecular weight excluding hydrogens is 280 g/mol. The lowest BCUT2D eigenvalue weighted by Crippen LogP contribution is -2.19. The van der Waals surface area contributed by atoms with Gasteiger partial charge >= 0.3 is 0 Å². The van der Waals surface area contributed by atoms with Crippen LogP contribution in [0.3, 0.4) is 0 Å². The molecule has 0 aromatic heterocycles. The molecule has 0 saturated carbocycles. The molecule has 0 aliphatic carbocycles. The molecule has 1 nitrogen and oxygen atoms in total. The van der Waals surface area contributed by atoms with Crippen molar-refractivity contribution >= 4 is 0 Å². The SMILES string of the molecule is Cc1ccc([C@@H]2C[C@H](c3ccccc3)c3ccccc3O2)cc1. The van der Waals surface area contributed by atoms with Crippen LogP contribution in [-0.4, -0.2) is 0 Å². The summed E-state index contributed by atoms with van der Waals surface area (Å²) < 4.78 is 6.31. The van der Waals surface area contributed by atoms with Gasteiger partial charge < -0.3 is 4.74 Å². The minimum Gasteiger partial charge on any atom is -0.485 e. The highest BCUT2D eigenvalue weighted by atomic mass is 16.5. The highest BCUT2D eigenvalue weighted by Gasteiger charge is 2.29. The Morgan fingerprint density at radius 2 is 1.43 bits per heavy atom. The Hall–Kier alpha value is -2.54. The third-order valence-corrected chi connectivity index (χ3v) is 4.66. The Morgan fingerprint density at radius 1 is 0.739 bits per heavy atom. The van der Waals surface area contributed by atoms with Crippen molar-refractivity contribution in [1.82, 2.24) is 0 Å². The van der Waals surface area contributed by atoms with Crippen LogP contribution in [-0.2, 0) is 0 Å². The zero-order valence-electron chi connectivity index (χ0n) is 13.3. The van der Waals surface area contributed by atoms with Crippen molar-refractivity contribution in [2.24, 2.45) is 0 Å².